The normalized spacial score (nSPS) is 12.1. The quantitative estimate of drug-likeness (QED) is 0.504. The number of hydrogen-bond acceptors (Lipinski definition) is 0. The summed E-state index contributed by atoms with van der Waals surface area (Å²) in [7, 11) is 0. The van der Waals surface area contributed by atoms with Crippen LogP contribution in [0.15, 0.2) is 0 Å². The molecule has 0 fully saturated rings. The van der Waals surface area contributed by atoms with Crippen molar-refractivity contribution in [2.75, 3.05) is 0 Å². The molecule has 0 aromatic heterocycles. The molecule has 0 saturated heterocycles. The van der Waals surface area contributed by atoms with E-state index in [0.717, 1.165) is 3.43 Å². The summed E-state index contributed by atoms with van der Waals surface area (Å²) in [5.41, 5.74) is 0. The van der Waals surface area contributed by atoms with Crippen LogP contribution in [-0.2, 0) is 0 Å². The Labute approximate surface area is 85.2 Å². The summed E-state index contributed by atoms with van der Waals surface area (Å²) in [5, 5.41) is 0. The van der Waals surface area contributed by atoms with Crippen molar-refractivity contribution in [3.63, 3.8) is 0 Å². The van der Waals surface area contributed by atoms with Gasteiger partial charge in [0.05, 0.1) is 0 Å². The van der Waals surface area contributed by atoms with E-state index >= 15 is 0 Å². The van der Waals surface area contributed by atoms with Gasteiger partial charge < -0.3 is 0 Å². The van der Waals surface area contributed by atoms with Gasteiger partial charge in [0.25, 0.3) is 0 Å². The first-order chi connectivity index (χ1) is 5.18. The van der Waals surface area contributed by atoms with E-state index < -0.39 is 0 Å². The van der Waals surface area contributed by atoms with Crippen LogP contribution in [0, 0.1) is 0 Å². The molecule has 11 heavy (non-hydrogen) atoms. The molecule has 62 valence electrons. The van der Waals surface area contributed by atoms with E-state index in [1.165, 1.54) is 38.5 Å². The first-order valence-corrected chi connectivity index (χ1v) is 6.36. The van der Waals surface area contributed by atoms with E-state index in [0.29, 0.717) is 0 Å². The maximum absolute atomic E-state index is 2.34. The van der Waals surface area contributed by atoms with E-state index in [-0.39, 0.29) is 0 Å². The van der Waals surface area contributed by atoms with Gasteiger partial charge in [0, 0.05) is 0 Å². The summed E-state index contributed by atoms with van der Waals surface area (Å²) in [5.74, 6) is 0. The molecular weight excluding hydrogens is 239 g/mol. The van der Waals surface area contributed by atoms with Crippen LogP contribution < -0.4 is 0 Å². The van der Waals surface area contributed by atoms with Gasteiger partial charge >= 0.3 is 85.3 Å². The van der Waals surface area contributed by atoms with Crippen molar-refractivity contribution in [2.24, 2.45) is 0 Å². The Morgan fingerprint density at radius 3 is 1.91 bits per heavy atom. The average molecular weight is 260 g/mol. The number of hydrogen-bond donors (Lipinski definition) is 0. The molecule has 0 heterocycles. The Bertz CT molecular complexity index is 84.9. The van der Waals surface area contributed by atoms with E-state index in [1.807, 2.05) is 0 Å². The van der Waals surface area contributed by atoms with Crippen molar-refractivity contribution in [3.8, 4) is 0 Å². The molecule has 0 saturated carbocycles. The predicted octanol–water partition coefficient (Wildman–Crippen LogP) is 3.71. The van der Waals surface area contributed by atoms with Crippen LogP contribution in [-0.4, -0.2) is 22.5 Å². The molecule has 0 nitrogen and oxygen atoms in total. The van der Waals surface area contributed by atoms with Gasteiger partial charge in [0.1, 0.15) is 0 Å². The molecule has 0 spiro atoms. The molecule has 0 aliphatic heterocycles. The second-order valence-electron chi connectivity index (χ2n) is 3.44. The second kappa shape index (κ2) is 6.33. The van der Waals surface area contributed by atoms with Gasteiger partial charge in [-0.15, -0.1) is 0 Å². The van der Waals surface area contributed by atoms with Crippen molar-refractivity contribution in [1.29, 1.82) is 0 Å². The molecule has 0 N–H and O–H groups in total. The van der Waals surface area contributed by atoms with Crippen LogP contribution in [0.1, 0.15) is 59.3 Å². The topological polar surface area (TPSA) is 0 Å². The fourth-order valence-corrected chi connectivity index (χ4v) is 1.82. The molecule has 0 rings (SSSR count). The van der Waals surface area contributed by atoms with Crippen LogP contribution in [0.5, 0.6) is 0 Å². The summed E-state index contributed by atoms with van der Waals surface area (Å²) in [6, 6.07) is 0. The zero-order valence-electron chi connectivity index (χ0n) is 8.24. The Morgan fingerprint density at radius 1 is 1.00 bits per heavy atom. The fraction of sp³-hybridized carbons (Fsp3) is 1.00. The molecule has 0 unspecified atom stereocenters. The van der Waals surface area contributed by atoms with E-state index in [1.54, 1.807) is 22.5 Å². The van der Waals surface area contributed by atoms with Gasteiger partial charge in [0.2, 0.25) is 0 Å². The molecular formula is C10H21Sn+3. The first kappa shape index (κ1) is 11.8. The zero-order valence-corrected chi connectivity index (χ0v) is 11.1. The predicted molar refractivity (Wildman–Crippen MR) is 53.2 cm³/mol. The standard InChI is InChI=1S/C10H21.Sn/c1-4-7-8-9-10(5-2)6-3;/h4-9H2,1-3H3;/q;+3. The van der Waals surface area contributed by atoms with Crippen LogP contribution in [0.3, 0.4) is 0 Å². The summed E-state index contributed by atoms with van der Waals surface area (Å²) in [4.78, 5) is 0. The SMILES string of the molecule is CCCCC[C]([Sn+3])(CC)CC. The number of unbranched alkanes of at least 4 members (excludes halogenated alkanes) is 2. The molecule has 0 aliphatic rings. The molecule has 0 aromatic carbocycles. The van der Waals surface area contributed by atoms with Crippen molar-refractivity contribution in [1.82, 2.24) is 0 Å². The Balaban J connectivity index is 3.51. The van der Waals surface area contributed by atoms with Crippen molar-refractivity contribution in [3.05, 3.63) is 0 Å². The molecule has 0 aromatic rings. The van der Waals surface area contributed by atoms with Gasteiger partial charge in [-0.25, -0.2) is 0 Å². The van der Waals surface area contributed by atoms with Gasteiger partial charge in [-0.3, -0.25) is 0 Å². The third kappa shape index (κ3) is 5.10. The molecule has 0 bridgehead atoms. The Hall–Kier alpha value is 0.799. The maximum atomic E-state index is 2.34. The summed E-state index contributed by atoms with van der Waals surface area (Å²) in [6.07, 6.45) is 8.46. The molecule has 0 amide bonds. The zero-order chi connectivity index (χ0) is 8.74. The van der Waals surface area contributed by atoms with Gasteiger partial charge in [-0.2, -0.15) is 0 Å². The third-order valence-electron chi connectivity index (χ3n) is 2.61. The molecule has 0 radical (unpaired) electrons. The third-order valence-corrected chi connectivity index (χ3v) is 5.34. The minimum absolute atomic E-state index is 0.724. The second-order valence-corrected chi connectivity index (χ2v) is 6.47. The number of rotatable bonds is 6. The van der Waals surface area contributed by atoms with Gasteiger partial charge in [0.15, 0.2) is 0 Å². The van der Waals surface area contributed by atoms with Crippen molar-refractivity contribution < 1.29 is 0 Å². The fourth-order valence-electron chi connectivity index (χ4n) is 1.32. The van der Waals surface area contributed by atoms with Crippen LogP contribution in [0.25, 0.3) is 0 Å². The van der Waals surface area contributed by atoms with E-state index in [4.69, 9.17) is 0 Å². The Kier molecular flexibility index (Phi) is 6.79. The van der Waals surface area contributed by atoms with E-state index in [9.17, 15) is 0 Å². The van der Waals surface area contributed by atoms with Crippen molar-refractivity contribution >= 4 is 22.5 Å². The first-order valence-electron chi connectivity index (χ1n) is 4.93. The van der Waals surface area contributed by atoms with Gasteiger partial charge in [-0.05, 0) is 0 Å². The van der Waals surface area contributed by atoms with Crippen LogP contribution >= 0.6 is 0 Å². The Morgan fingerprint density at radius 2 is 1.55 bits per heavy atom. The van der Waals surface area contributed by atoms with Crippen LogP contribution in [0.4, 0.5) is 0 Å². The van der Waals surface area contributed by atoms with E-state index in [2.05, 4.69) is 20.8 Å². The minimum atomic E-state index is 0.724. The summed E-state index contributed by atoms with van der Waals surface area (Å²) < 4.78 is 0.724. The summed E-state index contributed by atoms with van der Waals surface area (Å²) in [6.45, 7) is 6.96. The van der Waals surface area contributed by atoms with Gasteiger partial charge in [-0.1, -0.05) is 0 Å². The molecule has 0 aliphatic carbocycles. The summed E-state index contributed by atoms with van der Waals surface area (Å²) >= 11 is 1.75. The molecule has 0 atom stereocenters. The van der Waals surface area contributed by atoms with Crippen molar-refractivity contribution in [2.45, 2.75) is 62.7 Å². The molecule has 1 heteroatoms. The van der Waals surface area contributed by atoms with Crippen LogP contribution in [0.2, 0.25) is 3.43 Å². The monoisotopic (exact) mass is 261 g/mol. The average Bonchev–Trinajstić information content (AvgIpc) is 2.05.